The highest BCUT2D eigenvalue weighted by Gasteiger charge is 2.23. The molecule has 42 heavy (non-hydrogen) atoms. The summed E-state index contributed by atoms with van der Waals surface area (Å²) in [7, 11) is 0. The van der Waals surface area contributed by atoms with Gasteiger partial charge in [-0.3, -0.25) is 14.4 Å². The van der Waals surface area contributed by atoms with Gasteiger partial charge in [0.15, 0.2) is 0 Å². The van der Waals surface area contributed by atoms with E-state index in [1.807, 2.05) is 12.1 Å². The lowest BCUT2D eigenvalue weighted by molar-refractivity contribution is -0.147. The Bertz CT molecular complexity index is 1940. The van der Waals surface area contributed by atoms with Crippen LogP contribution in [0.25, 0.3) is 48.1 Å². The second-order valence-corrected chi connectivity index (χ2v) is 12.1. The Morgan fingerprint density at radius 3 is 2.21 bits per heavy atom. The summed E-state index contributed by atoms with van der Waals surface area (Å²) in [6.45, 7) is 5.73. The van der Waals surface area contributed by atoms with Crippen molar-refractivity contribution in [2.45, 2.75) is 27.3 Å². The fraction of sp³-hybridized carbons (Fsp3) is 0.188. The molecule has 8 nitrogen and oxygen atoms in total. The highest BCUT2D eigenvalue weighted by atomic mass is 32.1. The lowest BCUT2D eigenvalue weighted by Gasteiger charge is -2.17. The van der Waals surface area contributed by atoms with Gasteiger partial charge < -0.3 is 19.7 Å². The highest BCUT2D eigenvalue weighted by Crippen LogP contribution is 2.41. The van der Waals surface area contributed by atoms with E-state index in [0.29, 0.717) is 9.78 Å². The average molecular weight is 598 g/mol. The van der Waals surface area contributed by atoms with Crippen LogP contribution in [0, 0.1) is 25.2 Å². The van der Waals surface area contributed by atoms with Gasteiger partial charge >= 0.3 is 11.9 Å². The molecule has 3 heterocycles. The van der Waals surface area contributed by atoms with Crippen LogP contribution in [0.5, 0.6) is 0 Å². The summed E-state index contributed by atoms with van der Waals surface area (Å²) in [6, 6.07) is 20.6. The summed E-state index contributed by atoms with van der Waals surface area (Å²) in [5, 5.41) is 30.2. The third kappa shape index (κ3) is 5.44. The topological polar surface area (TPSA) is 124 Å². The Morgan fingerprint density at radius 2 is 1.55 bits per heavy atom. The third-order valence-corrected chi connectivity index (χ3v) is 9.43. The maximum absolute atomic E-state index is 12.7. The van der Waals surface area contributed by atoms with E-state index in [0.717, 1.165) is 26.7 Å². The van der Waals surface area contributed by atoms with Gasteiger partial charge in [0.2, 0.25) is 0 Å². The summed E-state index contributed by atoms with van der Waals surface area (Å²) in [5.74, 6) is -3.68. The predicted molar refractivity (Wildman–Crippen MR) is 167 cm³/mol. The first-order chi connectivity index (χ1) is 20.1. The van der Waals surface area contributed by atoms with Crippen LogP contribution in [0.1, 0.15) is 22.9 Å². The molecule has 0 bridgehead atoms. The van der Waals surface area contributed by atoms with E-state index in [-0.39, 0.29) is 5.57 Å². The minimum atomic E-state index is -1.37. The second-order valence-electron chi connectivity index (χ2n) is 9.88. The quantitative estimate of drug-likeness (QED) is 0.142. The number of benzene rings is 2. The number of carboxylic acid groups (broad SMARTS) is 2. The molecule has 0 aliphatic heterocycles. The number of carbonyl (C=O) groups is 3. The molecule has 2 aromatic carbocycles. The number of carboxylic acids is 2. The van der Waals surface area contributed by atoms with Crippen molar-refractivity contribution in [1.82, 2.24) is 9.47 Å². The second kappa shape index (κ2) is 11.6. The van der Waals surface area contributed by atoms with Crippen LogP contribution in [0.3, 0.4) is 0 Å². The average Bonchev–Trinajstić information content (AvgIpc) is 3.69. The Labute approximate surface area is 250 Å². The minimum Gasteiger partial charge on any atom is -0.480 e. The molecular formula is C32H27N3O5S2. The van der Waals surface area contributed by atoms with Gasteiger partial charge in [-0.25, -0.2) is 0 Å². The van der Waals surface area contributed by atoms with Gasteiger partial charge in [-0.2, -0.15) is 5.26 Å². The standard InChI is InChI=1S/C32H27N3O5S2/c1-4-35-24-9-7-20(14-23(24)30-18(2)5-6-19(3)31(30)35)25-11-12-27(42-25)26-10-8-22(41-26)13-21(15-33)32(40)34(16-28(36)37)17-29(38)39/h5-14H,4,16-17H2,1-3H3,(H,36,37)(H,38,39)/b21-13+. The van der Waals surface area contributed by atoms with Crippen molar-refractivity contribution in [3.8, 4) is 26.3 Å². The lowest BCUT2D eigenvalue weighted by atomic mass is 10.0. The van der Waals surface area contributed by atoms with Crippen LogP contribution in [0.2, 0.25) is 0 Å². The first-order valence-electron chi connectivity index (χ1n) is 13.2. The van der Waals surface area contributed by atoms with Crippen molar-refractivity contribution in [2.75, 3.05) is 13.1 Å². The van der Waals surface area contributed by atoms with E-state index < -0.39 is 30.9 Å². The van der Waals surface area contributed by atoms with Crippen molar-refractivity contribution < 1.29 is 24.6 Å². The molecule has 1 amide bonds. The summed E-state index contributed by atoms with van der Waals surface area (Å²) < 4.78 is 2.38. The molecule has 0 saturated heterocycles. The number of hydrogen-bond acceptors (Lipinski definition) is 6. The Morgan fingerprint density at radius 1 is 0.905 bits per heavy atom. The largest absolute Gasteiger partial charge is 0.480 e. The number of aliphatic carboxylic acids is 2. The molecule has 5 aromatic rings. The predicted octanol–water partition coefficient (Wildman–Crippen LogP) is 6.79. The molecule has 0 aliphatic carbocycles. The molecule has 2 N–H and O–H groups in total. The van der Waals surface area contributed by atoms with Crippen molar-refractivity contribution in [3.63, 3.8) is 0 Å². The number of carbonyl (C=O) groups excluding carboxylic acids is 1. The maximum Gasteiger partial charge on any atom is 0.323 e. The Kier molecular flexibility index (Phi) is 7.98. The number of hydrogen-bond donors (Lipinski definition) is 2. The molecule has 0 spiro atoms. The van der Waals surface area contributed by atoms with Crippen LogP contribution in [0.4, 0.5) is 0 Å². The molecular weight excluding hydrogens is 571 g/mol. The molecule has 0 aliphatic rings. The third-order valence-electron chi connectivity index (χ3n) is 7.07. The van der Waals surface area contributed by atoms with E-state index in [9.17, 15) is 19.6 Å². The van der Waals surface area contributed by atoms with Gasteiger partial charge in [-0.15, -0.1) is 22.7 Å². The molecule has 10 heteroatoms. The first kappa shape index (κ1) is 28.8. The fourth-order valence-corrected chi connectivity index (χ4v) is 7.27. The van der Waals surface area contributed by atoms with Crippen LogP contribution in [-0.2, 0) is 20.9 Å². The number of nitrogens with zero attached hydrogens (tertiary/aromatic N) is 3. The van der Waals surface area contributed by atoms with Crippen molar-refractivity contribution in [3.05, 3.63) is 76.2 Å². The lowest BCUT2D eigenvalue weighted by Crippen LogP contribution is -2.39. The smallest absolute Gasteiger partial charge is 0.323 e. The number of aromatic nitrogens is 1. The van der Waals surface area contributed by atoms with Crippen molar-refractivity contribution >= 4 is 68.4 Å². The fourth-order valence-electron chi connectivity index (χ4n) is 5.23. The number of nitriles is 1. The molecule has 0 unspecified atom stereocenters. The zero-order valence-corrected chi connectivity index (χ0v) is 24.8. The van der Waals surface area contributed by atoms with Gasteiger partial charge in [0.1, 0.15) is 24.7 Å². The minimum absolute atomic E-state index is 0.331. The molecule has 212 valence electrons. The molecule has 0 saturated carbocycles. The van der Waals surface area contributed by atoms with Crippen LogP contribution >= 0.6 is 22.7 Å². The molecule has 5 rings (SSSR count). The van der Waals surface area contributed by atoms with E-state index in [1.165, 1.54) is 50.3 Å². The number of rotatable bonds is 9. The molecule has 3 aromatic heterocycles. The highest BCUT2D eigenvalue weighted by molar-refractivity contribution is 7.24. The summed E-state index contributed by atoms with van der Waals surface area (Å²) in [5.41, 5.74) is 5.80. The zero-order valence-electron chi connectivity index (χ0n) is 23.2. The number of amides is 1. The molecule has 0 radical (unpaired) electrons. The monoisotopic (exact) mass is 597 g/mol. The Balaban J connectivity index is 1.45. The van der Waals surface area contributed by atoms with Gasteiger partial charge in [-0.05, 0) is 79.9 Å². The maximum atomic E-state index is 12.7. The van der Waals surface area contributed by atoms with Crippen LogP contribution in [-0.4, -0.2) is 50.6 Å². The zero-order chi connectivity index (χ0) is 30.1. The van der Waals surface area contributed by atoms with Gasteiger partial charge in [0.25, 0.3) is 5.91 Å². The van der Waals surface area contributed by atoms with Crippen molar-refractivity contribution in [1.29, 1.82) is 5.26 Å². The van der Waals surface area contributed by atoms with Crippen LogP contribution in [0.15, 0.2) is 60.2 Å². The normalized spacial score (nSPS) is 11.6. The van der Waals surface area contributed by atoms with E-state index in [1.54, 1.807) is 23.5 Å². The van der Waals surface area contributed by atoms with Gasteiger partial charge in [-0.1, -0.05) is 18.2 Å². The van der Waals surface area contributed by atoms with Gasteiger partial charge in [0, 0.05) is 42.3 Å². The molecule has 0 atom stereocenters. The van der Waals surface area contributed by atoms with E-state index in [4.69, 9.17) is 10.2 Å². The SMILES string of the molecule is CCn1c2ccc(-c3ccc(-c4ccc(/C=C(\C#N)C(=O)N(CC(=O)O)CC(=O)O)s4)s3)cc2c2c(C)ccc(C)c21. The number of aryl methyl sites for hydroxylation is 3. The summed E-state index contributed by atoms with van der Waals surface area (Å²) in [6.07, 6.45) is 1.36. The summed E-state index contributed by atoms with van der Waals surface area (Å²) >= 11 is 3.03. The summed E-state index contributed by atoms with van der Waals surface area (Å²) in [4.78, 5) is 39.3. The Hall–Kier alpha value is -4.72. The molecule has 0 fully saturated rings. The number of fused-ring (bicyclic) bond motifs is 3. The van der Waals surface area contributed by atoms with Gasteiger partial charge in [0.05, 0.1) is 5.52 Å². The van der Waals surface area contributed by atoms with Crippen LogP contribution < -0.4 is 0 Å². The van der Waals surface area contributed by atoms with E-state index in [2.05, 4.69) is 61.7 Å². The van der Waals surface area contributed by atoms with E-state index >= 15 is 0 Å². The number of thiophene rings is 2. The first-order valence-corrected chi connectivity index (χ1v) is 14.8. The van der Waals surface area contributed by atoms with Crippen molar-refractivity contribution in [2.24, 2.45) is 0 Å².